The van der Waals surface area contributed by atoms with Gasteiger partial charge in [0.1, 0.15) is 6.61 Å². The number of hydrogen-bond acceptors (Lipinski definition) is 3. The van der Waals surface area contributed by atoms with Gasteiger partial charge >= 0.3 is 0 Å². The van der Waals surface area contributed by atoms with Crippen LogP contribution in [0.1, 0.15) is 45.2 Å². The second kappa shape index (κ2) is 12.5. The Hall–Kier alpha value is -1.19. The zero-order chi connectivity index (χ0) is 16.1. The van der Waals surface area contributed by atoms with Crippen LogP contribution < -0.4 is 0 Å². The van der Waals surface area contributed by atoms with Gasteiger partial charge in [0.2, 0.25) is 0 Å². The Morgan fingerprint density at radius 2 is 1.86 bits per heavy atom. The molecule has 0 saturated carbocycles. The topological polar surface area (TPSA) is 35.5 Å². The zero-order valence-corrected chi connectivity index (χ0v) is 14.1. The summed E-state index contributed by atoms with van der Waals surface area (Å²) in [7, 11) is 1.72. The van der Waals surface area contributed by atoms with E-state index in [0.717, 1.165) is 25.0 Å². The van der Waals surface area contributed by atoms with Crippen LogP contribution in [0, 0.1) is 5.92 Å². The first kappa shape index (κ1) is 19.8. The number of ketones is 1. The number of benzene rings is 1. The third-order valence-electron chi connectivity index (χ3n) is 2.96. The lowest BCUT2D eigenvalue weighted by atomic mass is 10.1. The Bertz CT molecular complexity index is 386. The van der Waals surface area contributed by atoms with E-state index in [0.29, 0.717) is 6.61 Å². The first-order valence-corrected chi connectivity index (χ1v) is 7.80. The van der Waals surface area contributed by atoms with Crippen LogP contribution in [0.15, 0.2) is 24.3 Å². The highest BCUT2D eigenvalue weighted by Crippen LogP contribution is 2.09. The maximum absolute atomic E-state index is 11.4. The molecule has 0 radical (unpaired) electrons. The monoisotopic (exact) mass is 294 g/mol. The van der Waals surface area contributed by atoms with Crippen molar-refractivity contribution >= 4 is 5.78 Å². The minimum Gasteiger partial charge on any atom is -0.385 e. The molecule has 0 spiro atoms. The van der Waals surface area contributed by atoms with Crippen LogP contribution in [0.4, 0.5) is 0 Å². The van der Waals surface area contributed by atoms with Gasteiger partial charge in [-0.25, -0.2) is 0 Å². The van der Waals surface area contributed by atoms with E-state index in [4.69, 9.17) is 9.47 Å². The summed E-state index contributed by atoms with van der Waals surface area (Å²) in [6.45, 7) is 9.26. The third-order valence-corrected chi connectivity index (χ3v) is 2.96. The molecule has 0 fully saturated rings. The molecule has 0 unspecified atom stereocenters. The molecule has 0 atom stereocenters. The molecule has 0 bridgehead atoms. The quantitative estimate of drug-likeness (QED) is 0.645. The molecule has 1 rings (SSSR count). The molecule has 3 heteroatoms. The molecule has 1 aromatic rings. The van der Waals surface area contributed by atoms with Gasteiger partial charge in [-0.1, -0.05) is 52.0 Å². The van der Waals surface area contributed by atoms with Gasteiger partial charge in [-0.15, -0.1) is 0 Å². The zero-order valence-electron chi connectivity index (χ0n) is 14.1. The summed E-state index contributed by atoms with van der Waals surface area (Å²) in [6, 6.07) is 8.30. The van der Waals surface area contributed by atoms with Crippen molar-refractivity contribution in [1.82, 2.24) is 0 Å². The van der Waals surface area contributed by atoms with Gasteiger partial charge in [-0.3, -0.25) is 4.79 Å². The molecular weight excluding hydrogens is 264 g/mol. The van der Waals surface area contributed by atoms with Crippen molar-refractivity contribution in [2.45, 2.75) is 47.1 Å². The number of aryl methyl sites for hydroxylation is 1. The predicted molar refractivity (Wildman–Crippen MR) is 87.5 cm³/mol. The van der Waals surface area contributed by atoms with Gasteiger partial charge in [0.05, 0.1) is 6.61 Å². The second-order valence-corrected chi connectivity index (χ2v) is 5.03. The van der Waals surface area contributed by atoms with Gasteiger partial charge < -0.3 is 9.47 Å². The first-order valence-electron chi connectivity index (χ1n) is 7.80. The SMILES string of the molecule is CC.COCCCc1cccc(COCC(=O)C(C)C)c1. The molecule has 0 N–H and O–H groups in total. The molecule has 3 nitrogen and oxygen atoms in total. The molecule has 0 aliphatic carbocycles. The number of carbonyl (C=O) groups excluding carboxylic acids is 1. The summed E-state index contributed by atoms with van der Waals surface area (Å²) in [6.07, 6.45) is 2.03. The molecule has 0 amide bonds. The van der Waals surface area contributed by atoms with Crippen LogP contribution in [-0.2, 0) is 27.3 Å². The Morgan fingerprint density at radius 1 is 1.19 bits per heavy atom. The molecule has 21 heavy (non-hydrogen) atoms. The van der Waals surface area contributed by atoms with Crippen molar-refractivity contribution in [1.29, 1.82) is 0 Å². The van der Waals surface area contributed by atoms with Crippen molar-refractivity contribution in [3.8, 4) is 0 Å². The van der Waals surface area contributed by atoms with Crippen LogP contribution in [-0.4, -0.2) is 26.1 Å². The van der Waals surface area contributed by atoms with E-state index in [2.05, 4.69) is 12.1 Å². The summed E-state index contributed by atoms with van der Waals surface area (Å²) < 4.78 is 10.5. The molecule has 0 aliphatic heterocycles. The standard InChI is InChI=1S/C16H24O3.C2H6/c1-13(2)16(17)12-19-11-15-7-4-6-14(10-15)8-5-9-18-3;1-2/h4,6-7,10,13H,5,8-9,11-12H2,1-3H3;1-2H3. The summed E-state index contributed by atoms with van der Waals surface area (Å²) in [5.41, 5.74) is 2.40. The fraction of sp³-hybridized carbons (Fsp3) is 0.611. The lowest BCUT2D eigenvalue weighted by Gasteiger charge is -2.07. The van der Waals surface area contributed by atoms with Gasteiger partial charge in [0.25, 0.3) is 0 Å². The molecule has 0 saturated heterocycles. The Balaban J connectivity index is 0.00000191. The van der Waals surface area contributed by atoms with Crippen molar-refractivity contribution in [3.63, 3.8) is 0 Å². The summed E-state index contributed by atoms with van der Waals surface area (Å²) >= 11 is 0. The van der Waals surface area contributed by atoms with Crippen LogP contribution in [0.25, 0.3) is 0 Å². The van der Waals surface area contributed by atoms with Crippen molar-refractivity contribution in [2.75, 3.05) is 20.3 Å². The number of hydrogen-bond donors (Lipinski definition) is 0. The highest BCUT2D eigenvalue weighted by molar-refractivity contribution is 5.81. The Morgan fingerprint density at radius 3 is 2.48 bits per heavy atom. The van der Waals surface area contributed by atoms with Crippen molar-refractivity contribution in [2.24, 2.45) is 5.92 Å². The average molecular weight is 294 g/mol. The Labute approximate surface area is 129 Å². The number of rotatable bonds is 9. The highest BCUT2D eigenvalue weighted by atomic mass is 16.5. The molecule has 1 aromatic carbocycles. The van der Waals surface area contributed by atoms with E-state index in [9.17, 15) is 4.79 Å². The number of Topliss-reactive ketones (excluding diaryl/α,β-unsaturated/α-hetero) is 1. The van der Waals surface area contributed by atoms with Crippen LogP contribution in [0.2, 0.25) is 0 Å². The lowest BCUT2D eigenvalue weighted by molar-refractivity contribution is -0.126. The fourth-order valence-corrected chi connectivity index (χ4v) is 1.73. The van der Waals surface area contributed by atoms with E-state index in [1.165, 1.54) is 5.56 Å². The van der Waals surface area contributed by atoms with Gasteiger partial charge in [0, 0.05) is 19.6 Å². The number of ether oxygens (including phenoxy) is 2. The molecule has 0 heterocycles. The minimum atomic E-state index is 0.0420. The van der Waals surface area contributed by atoms with Gasteiger partial charge in [-0.05, 0) is 24.0 Å². The minimum absolute atomic E-state index is 0.0420. The number of methoxy groups -OCH3 is 1. The number of carbonyl (C=O) groups is 1. The van der Waals surface area contributed by atoms with Gasteiger partial charge in [-0.2, -0.15) is 0 Å². The smallest absolute Gasteiger partial charge is 0.160 e. The summed E-state index contributed by atoms with van der Waals surface area (Å²) in [5.74, 6) is 0.191. The van der Waals surface area contributed by atoms with Crippen molar-refractivity contribution < 1.29 is 14.3 Å². The summed E-state index contributed by atoms with van der Waals surface area (Å²) in [5, 5.41) is 0. The average Bonchev–Trinajstić information content (AvgIpc) is 2.50. The predicted octanol–water partition coefficient (Wildman–Crippen LogP) is 4.03. The van der Waals surface area contributed by atoms with Crippen LogP contribution in [0.3, 0.4) is 0 Å². The maximum Gasteiger partial charge on any atom is 0.160 e. The first-order chi connectivity index (χ1) is 10.1. The van der Waals surface area contributed by atoms with E-state index in [-0.39, 0.29) is 18.3 Å². The van der Waals surface area contributed by atoms with E-state index >= 15 is 0 Å². The van der Waals surface area contributed by atoms with Gasteiger partial charge in [0.15, 0.2) is 5.78 Å². The maximum atomic E-state index is 11.4. The molecule has 0 aliphatic rings. The molecule has 120 valence electrons. The fourth-order valence-electron chi connectivity index (χ4n) is 1.73. The lowest BCUT2D eigenvalue weighted by Crippen LogP contribution is -2.14. The van der Waals surface area contributed by atoms with E-state index in [1.807, 2.05) is 39.8 Å². The van der Waals surface area contributed by atoms with E-state index in [1.54, 1.807) is 7.11 Å². The van der Waals surface area contributed by atoms with E-state index < -0.39 is 0 Å². The Kier molecular flexibility index (Phi) is 11.8. The second-order valence-electron chi connectivity index (χ2n) is 5.03. The van der Waals surface area contributed by atoms with Crippen LogP contribution in [0.5, 0.6) is 0 Å². The third kappa shape index (κ3) is 9.38. The largest absolute Gasteiger partial charge is 0.385 e. The highest BCUT2D eigenvalue weighted by Gasteiger charge is 2.06. The molecule has 0 aromatic heterocycles. The molecular formula is C18H30O3. The normalized spacial score (nSPS) is 10.2. The summed E-state index contributed by atoms with van der Waals surface area (Å²) in [4.78, 5) is 11.4. The van der Waals surface area contributed by atoms with Crippen molar-refractivity contribution in [3.05, 3.63) is 35.4 Å². The van der Waals surface area contributed by atoms with Crippen LogP contribution >= 0.6 is 0 Å².